The molecule has 2 rings (SSSR count). The minimum absolute atomic E-state index is 0.133. The van der Waals surface area contributed by atoms with Crippen molar-refractivity contribution < 1.29 is 4.79 Å². The molecule has 2 atom stereocenters. The van der Waals surface area contributed by atoms with Gasteiger partial charge in [0.25, 0.3) is 5.91 Å². The third-order valence-corrected chi connectivity index (χ3v) is 4.95. The highest BCUT2D eigenvalue weighted by Gasteiger charge is 2.29. The maximum atomic E-state index is 12.6. The third-order valence-electron chi connectivity index (χ3n) is 3.80. The molecule has 2 unspecified atom stereocenters. The molecule has 98 valence electrons. The molecule has 2 nitrogen and oxygen atoms in total. The second-order valence-corrected chi connectivity index (χ2v) is 6.75. The maximum absolute atomic E-state index is 12.6. The number of benzene rings is 1. The summed E-state index contributed by atoms with van der Waals surface area (Å²) in [7, 11) is 0. The van der Waals surface area contributed by atoms with Crippen LogP contribution in [0.15, 0.2) is 27.1 Å². The SMILES string of the molecule is CC1CCCN(C(=O)c2ccc(Br)cc2Br)C1C. The second-order valence-electron chi connectivity index (χ2n) is 4.98. The molecule has 4 heteroatoms. The number of hydrogen-bond acceptors (Lipinski definition) is 1. The second kappa shape index (κ2) is 5.74. The molecule has 1 aromatic carbocycles. The molecule has 0 bridgehead atoms. The van der Waals surface area contributed by atoms with Crippen LogP contribution >= 0.6 is 31.9 Å². The molecular formula is C14H17Br2NO. The summed E-state index contributed by atoms with van der Waals surface area (Å²) < 4.78 is 1.83. The number of likely N-dealkylation sites (tertiary alicyclic amines) is 1. The van der Waals surface area contributed by atoms with Crippen molar-refractivity contribution in [2.75, 3.05) is 6.54 Å². The lowest BCUT2D eigenvalue weighted by atomic mass is 9.91. The summed E-state index contributed by atoms with van der Waals surface area (Å²) in [5, 5.41) is 0. The minimum Gasteiger partial charge on any atom is -0.336 e. The van der Waals surface area contributed by atoms with E-state index in [1.165, 1.54) is 6.42 Å². The first-order valence-electron chi connectivity index (χ1n) is 6.26. The fraction of sp³-hybridized carbons (Fsp3) is 0.500. The zero-order chi connectivity index (χ0) is 13.3. The quantitative estimate of drug-likeness (QED) is 0.709. The first-order valence-corrected chi connectivity index (χ1v) is 7.85. The monoisotopic (exact) mass is 373 g/mol. The molecule has 1 aromatic rings. The van der Waals surface area contributed by atoms with Crippen LogP contribution in [0, 0.1) is 5.92 Å². The van der Waals surface area contributed by atoms with Gasteiger partial charge >= 0.3 is 0 Å². The summed E-state index contributed by atoms with van der Waals surface area (Å²) in [6.07, 6.45) is 2.32. The van der Waals surface area contributed by atoms with Crippen LogP contribution < -0.4 is 0 Å². The summed E-state index contributed by atoms with van der Waals surface area (Å²) in [6.45, 7) is 5.24. The highest BCUT2D eigenvalue weighted by Crippen LogP contribution is 2.28. The van der Waals surface area contributed by atoms with Gasteiger partial charge in [0.15, 0.2) is 0 Å². The average Bonchev–Trinajstić information content (AvgIpc) is 2.32. The molecule has 1 amide bonds. The van der Waals surface area contributed by atoms with E-state index in [0.717, 1.165) is 27.5 Å². The van der Waals surface area contributed by atoms with Crippen LogP contribution in [0.5, 0.6) is 0 Å². The van der Waals surface area contributed by atoms with Gasteiger partial charge in [0.2, 0.25) is 0 Å². The predicted molar refractivity (Wildman–Crippen MR) is 80.7 cm³/mol. The zero-order valence-corrected chi connectivity index (χ0v) is 13.8. The summed E-state index contributed by atoms with van der Waals surface area (Å²) in [5.41, 5.74) is 0.749. The Labute approximate surface area is 125 Å². The van der Waals surface area contributed by atoms with Gasteiger partial charge in [-0.05, 0) is 59.8 Å². The fourth-order valence-corrected chi connectivity index (χ4v) is 3.66. The van der Waals surface area contributed by atoms with Crippen molar-refractivity contribution in [3.63, 3.8) is 0 Å². The van der Waals surface area contributed by atoms with Gasteiger partial charge in [0, 0.05) is 21.5 Å². The standard InChI is InChI=1S/C14H17Br2NO/c1-9-4-3-7-17(10(9)2)14(18)12-6-5-11(15)8-13(12)16/h5-6,8-10H,3-4,7H2,1-2H3. The smallest absolute Gasteiger partial charge is 0.255 e. The number of piperidine rings is 1. The lowest BCUT2D eigenvalue weighted by Gasteiger charge is -2.38. The minimum atomic E-state index is 0.133. The Morgan fingerprint density at radius 3 is 2.72 bits per heavy atom. The van der Waals surface area contributed by atoms with Gasteiger partial charge in [-0.15, -0.1) is 0 Å². The summed E-state index contributed by atoms with van der Waals surface area (Å²) in [4.78, 5) is 14.6. The molecule has 0 radical (unpaired) electrons. The Hall–Kier alpha value is -0.350. The van der Waals surface area contributed by atoms with Gasteiger partial charge in [0.05, 0.1) is 5.56 Å². The van der Waals surface area contributed by atoms with Crippen LogP contribution in [0.4, 0.5) is 0 Å². The van der Waals surface area contributed by atoms with E-state index in [1.54, 1.807) is 0 Å². The highest BCUT2D eigenvalue weighted by molar-refractivity contribution is 9.11. The Kier molecular flexibility index (Phi) is 4.49. The highest BCUT2D eigenvalue weighted by atomic mass is 79.9. The topological polar surface area (TPSA) is 20.3 Å². The first kappa shape index (κ1) is 14.1. The summed E-state index contributed by atoms with van der Waals surface area (Å²) >= 11 is 6.88. The number of carbonyl (C=O) groups excluding carboxylic acids is 1. The van der Waals surface area contributed by atoms with E-state index in [-0.39, 0.29) is 5.91 Å². The largest absolute Gasteiger partial charge is 0.336 e. The number of halogens is 2. The zero-order valence-electron chi connectivity index (χ0n) is 10.6. The molecule has 1 saturated heterocycles. The Balaban J connectivity index is 2.25. The van der Waals surface area contributed by atoms with E-state index in [0.29, 0.717) is 12.0 Å². The number of hydrogen-bond donors (Lipinski definition) is 0. The lowest BCUT2D eigenvalue weighted by Crippen LogP contribution is -2.46. The van der Waals surface area contributed by atoms with E-state index < -0.39 is 0 Å². The van der Waals surface area contributed by atoms with Crippen molar-refractivity contribution in [3.05, 3.63) is 32.7 Å². The number of rotatable bonds is 1. The molecule has 1 aliphatic rings. The predicted octanol–water partition coefficient (Wildman–Crippen LogP) is 4.47. The van der Waals surface area contributed by atoms with Gasteiger partial charge in [-0.25, -0.2) is 0 Å². The van der Waals surface area contributed by atoms with E-state index in [4.69, 9.17) is 0 Å². The Morgan fingerprint density at radius 1 is 1.33 bits per heavy atom. The van der Waals surface area contributed by atoms with Gasteiger partial charge in [-0.3, -0.25) is 4.79 Å². The normalized spacial score (nSPS) is 24.1. The van der Waals surface area contributed by atoms with Crippen molar-refractivity contribution in [3.8, 4) is 0 Å². The van der Waals surface area contributed by atoms with Crippen LogP contribution in [-0.4, -0.2) is 23.4 Å². The number of nitrogens with zero attached hydrogens (tertiary/aromatic N) is 1. The van der Waals surface area contributed by atoms with Crippen LogP contribution in [0.3, 0.4) is 0 Å². The molecule has 0 aromatic heterocycles. The maximum Gasteiger partial charge on any atom is 0.255 e. The van der Waals surface area contributed by atoms with E-state index in [9.17, 15) is 4.79 Å². The van der Waals surface area contributed by atoms with Gasteiger partial charge in [-0.2, -0.15) is 0 Å². The van der Waals surface area contributed by atoms with Crippen LogP contribution in [0.2, 0.25) is 0 Å². The van der Waals surface area contributed by atoms with E-state index in [1.807, 2.05) is 23.1 Å². The number of carbonyl (C=O) groups is 1. The fourth-order valence-electron chi connectivity index (χ4n) is 2.44. The summed E-state index contributed by atoms with van der Waals surface area (Å²) in [5.74, 6) is 0.713. The van der Waals surface area contributed by atoms with Crippen molar-refractivity contribution in [1.82, 2.24) is 4.90 Å². The molecule has 1 fully saturated rings. The van der Waals surface area contributed by atoms with Gasteiger partial charge in [-0.1, -0.05) is 22.9 Å². The van der Waals surface area contributed by atoms with Crippen LogP contribution in [0.1, 0.15) is 37.0 Å². The Morgan fingerprint density at radius 2 is 2.06 bits per heavy atom. The Bertz CT molecular complexity index is 461. The molecule has 0 saturated carbocycles. The average molecular weight is 375 g/mol. The van der Waals surface area contributed by atoms with Crippen LogP contribution in [-0.2, 0) is 0 Å². The molecule has 0 aliphatic carbocycles. The molecule has 0 spiro atoms. The van der Waals surface area contributed by atoms with Crippen molar-refractivity contribution in [1.29, 1.82) is 0 Å². The van der Waals surface area contributed by atoms with Crippen molar-refractivity contribution in [2.45, 2.75) is 32.7 Å². The third kappa shape index (κ3) is 2.80. The molecule has 1 heterocycles. The van der Waals surface area contributed by atoms with Crippen molar-refractivity contribution >= 4 is 37.8 Å². The van der Waals surface area contributed by atoms with Crippen LogP contribution in [0.25, 0.3) is 0 Å². The van der Waals surface area contributed by atoms with Crippen molar-refractivity contribution in [2.24, 2.45) is 5.92 Å². The number of amides is 1. The molecule has 1 aliphatic heterocycles. The summed E-state index contributed by atoms with van der Waals surface area (Å²) in [6, 6.07) is 6.03. The van der Waals surface area contributed by atoms with E-state index in [2.05, 4.69) is 45.7 Å². The van der Waals surface area contributed by atoms with E-state index >= 15 is 0 Å². The first-order chi connectivity index (χ1) is 8.50. The molecule has 0 N–H and O–H groups in total. The van der Waals surface area contributed by atoms with Gasteiger partial charge < -0.3 is 4.90 Å². The molecular weight excluding hydrogens is 358 g/mol. The van der Waals surface area contributed by atoms with Gasteiger partial charge in [0.1, 0.15) is 0 Å². The lowest BCUT2D eigenvalue weighted by molar-refractivity contribution is 0.0550. The molecule has 18 heavy (non-hydrogen) atoms.